The third-order valence-electron chi connectivity index (χ3n) is 3.10. The Morgan fingerprint density at radius 3 is 2.75 bits per heavy atom. The quantitative estimate of drug-likeness (QED) is 0.818. The van der Waals surface area contributed by atoms with Gasteiger partial charge < -0.3 is 10.4 Å². The highest BCUT2D eigenvalue weighted by Crippen LogP contribution is 2.27. The van der Waals surface area contributed by atoms with Crippen molar-refractivity contribution >= 4 is 5.97 Å². The zero-order valence-corrected chi connectivity index (χ0v) is 8.82. The standard InChI is InChI=1S/C12H14FNO2/c13-10-4-2-1-3-8(10)7-14-11-6-5-9(11)12(15)16/h1-4,9,11,14H,5-7H2,(H,15,16). The molecule has 0 heterocycles. The molecule has 0 bridgehead atoms. The summed E-state index contributed by atoms with van der Waals surface area (Å²) in [7, 11) is 0. The van der Waals surface area contributed by atoms with E-state index in [1.165, 1.54) is 6.07 Å². The van der Waals surface area contributed by atoms with Gasteiger partial charge in [0.15, 0.2) is 0 Å². The first-order valence-electron chi connectivity index (χ1n) is 5.38. The van der Waals surface area contributed by atoms with Gasteiger partial charge in [-0.25, -0.2) is 4.39 Å². The molecule has 0 aliphatic heterocycles. The number of rotatable bonds is 4. The molecule has 16 heavy (non-hydrogen) atoms. The molecule has 2 N–H and O–H groups in total. The van der Waals surface area contributed by atoms with Crippen molar-refractivity contribution in [3.05, 3.63) is 35.6 Å². The zero-order chi connectivity index (χ0) is 11.5. The number of carboxylic acid groups (broad SMARTS) is 1. The van der Waals surface area contributed by atoms with Crippen LogP contribution in [0, 0.1) is 11.7 Å². The smallest absolute Gasteiger partial charge is 0.308 e. The fraction of sp³-hybridized carbons (Fsp3) is 0.417. The number of halogens is 1. The summed E-state index contributed by atoms with van der Waals surface area (Å²) in [4.78, 5) is 10.8. The minimum absolute atomic E-state index is 0.0166. The number of hydrogen-bond donors (Lipinski definition) is 2. The van der Waals surface area contributed by atoms with Gasteiger partial charge in [-0.15, -0.1) is 0 Å². The van der Waals surface area contributed by atoms with Crippen molar-refractivity contribution in [2.75, 3.05) is 0 Å². The van der Waals surface area contributed by atoms with E-state index in [1.54, 1.807) is 18.2 Å². The van der Waals surface area contributed by atoms with Crippen molar-refractivity contribution in [2.45, 2.75) is 25.4 Å². The minimum Gasteiger partial charge on any atom is -0.481 e. The second kappa shape index (κ2) is 4.61. The van der Waals surface area contributed by atoms with E-state index in [2.05, 4.69) is 5.32 Å². The summed E-state index contributed by atoms with van der Waals surface area (Å²) in [6.45, 7) is 0.390. The lowest BCUT2D eigenvalue weighted by atomic mass is 9.79. The molecule has 0 saturated heterocycles. The Bertz CT molecular complexity index is 394. The van der Waals surface area contributed by atoms with Gasteiger partial charge in [-0.05, 0) is 18.9 Å². The van der Waals surface area contributed by atoms with Gasteiger partial charge >= 0.3 is 5.97 Å². The highest BCUT2D eigenvalue weighted by molar-refractivity contribution is 5.72. The third-order valence-corrected chi connectivity index (χ3v) is 3.10. The molecule has 2 atom stereocenters. The SMILES string of the molecule is O=C(O)C1CCC1NCc1ccccc1F. The summed E-state index contributed by atoms with van der Waals surface area (Å²) >= 11 is 0. The number of carboxylic acids is 1. The van der Waals surface area contributed by atoms with Crippen LogP contribution in [0.4, 0.5) is 4.39 Å². The lowest BCUT2D eigenvalue weighted by Crippen LogP contribution is -2.47. The first-order valence-corrected chi connectivity index (χ1v) is 5.38. The van der Waals surface area contributed by atoms with Crippen molar-refractivity contribution in [2.24, 2.45) is 5.92 Å². The van der Waals surface area contributed by atoms with Gasteiger partial charge in [0, 0.05) is 18.2 Å². The number of hydrogen-bond acceptors (Lipinski definition) is 2. The number of carbonyl (C=O) groups is 1. The molecule has 86 valence electrons. The van der Waals surface area contributed by atoms with Crippen molar-refractivity contribution < 1.29 is 14.3 Å². The average Bonchev–Trinajstić information content (AvgIpc) is 2.18. The van der Waals surface area contributed by atoms with E-state index in [9.17, 15) is 9.18 Å². The van der Waals surface area contributed by atoms with Crippen molar-refractivity contribution in [1.82, 2.24) is 5.32 Å². The van der Waals surface area contributed by atoms with Gasteiger partial charge in [-0.3, -0.25) is 4.79 Å². The maximum absolute atomic E-state index is 13.3. The maximum atomic E-state index is 13.3. The Hall–Kier alpha value is -1.42. The van der Waals surface area contributed by atoms with E-state index >= 15 is 0 Å². The zero-order valence-electron chi connectivity index (χ0n) is 8.82. The van der Waals surface area contributed by atoms with E-state index < -0.39 is 5.97 Å². The molecule has 2 rings (SSSR count). The average molecular weight is 223 g/mol. The lowest BCUT2D eigenvalue weighted by Gasteiger charge is -2.34. The molecule has 1 aliphatic carbocycles. The Morgan fingerprint density at radius 1 is 1.44 bits per heavy atom. The molecular weight excluding hydrogens is 209 g/mol. The molecule has 1 fully saturated rings. The van der Waals surface area contributed by atoms with Gasteiger partial charge in [0.1, 0.15) is 5.82 Å². The number of nitrogens with one attached hydrogen (secondary N) is 1. The van der Waals surface area contributed by atoms with Crippen LogP contribution in [0.1, 0.15) is 18.4 Å². The Morgan fingerprint density at radius 2 is 2.19 bits per heavy atom. The molecule has 1 aromatic carbocycles. The molecule has 3 nitrogen and oxygen atoms in total. The second-order valence-corrected chi connectivity index (χ2v) is 4.10. The molecule has 0 radical (unpaired) electrons. The monoisotopic (exact) mass is 223 g/mol. The summed E-state index contributed by atoms with van der Waals surface area (Å²) in [5.74, 6) is -1.33. The molecule has 0 aromatic heterocycles. The summed E-state index contributed by atoms with van der Waals surface area (Å²) in [5, 5.41) is 11.9. The van der Waals surface area contributed by atoms with Crippen LogP contribution in [0.2, 0.25) is 0 Å². The summed E-state index contributed by atoms with van der Waals surface area (Å²) in [6, 6.07) is 6.51. The van der Waals surface area contributed by atoms with Crippen LogP contribution in [-0.2, 0) is 11.3 Å². The van der Waals surface area contributed by atoms with Crippen LogP contribution < -0.4 is 5.32 Å². The van der Waals surface area contributed by atoms with Gasteiger partial charge in [0.2, 0.25) is 0 Å². The van der Waals surface area contributed by atoms with E-state index in [0.717, 1.165) is 6.42 Å². The number of benzene rings is 1. The van der Waals surface area contributed by atoms with Crippen LogP contribution in [0.25, 0.3) is 0 Å². The van der Waals surface area contributed by atoms with Gasteiger partial charge in [-0.1, -0.05) is 18.2 Å². The van der Waals surface area contributed by atoms with Crippen LogP contribution in [0.3, 0.4) is 0 Å². The lowest BCUT2D eigenvalue weighted by molar-refractivity contribution is -0.146. The molecular formula is C12H14FNO2. The van der Waals surface area contributed by atoms with Crippen molar-refractivity contribution in [3.8, 4) is 0 Å². The molecule has 1 aromatic rings. The van der Waals surface area contributed by atoms with E-state index in [0.29, 0.717) is 18.5 Å². The molecule has 4 heteroatoms. The molecule has 1 aliphatic rings. The van der Waals surface area contributed by atoms with Gasteiger partial charge in [0.05, 0.1) is 5.92 Å². The normalized spacial score (nSPS) is 23.8. The molecule has 2 unspecified atom stereocenters. The van der Waals surface area contributed by atoms with Crippen LogP contribution in [0.15, 0.2) is 24.3 Å². The molecule has 1 saturated carbocycles. The highest BCUT2D eigenvalue weighted by Gasteiger charge is 2.35. The summed E-state index contributed by atoms with van der Waals surface area (Å²) < 4.78 is 13.3. The summed E-state index contributed by atoms with van der Waals surface area (Å²) in [6.07, 6.45) is 1.57. The van der Waals surface area contributed by atoms with Gasteiger partial charge in [0.25, 0.3) is 0 Å². The second-order valence-electron chi connectivity index (χ2n) is 4.10. The predicted octanol–water partition coefficient (Wildman–Crippen LogP) is 1.78. The Balaban J connectivity index is 1.89. The van der Waals surface area contributed by atoms with Crippen LogP contribution in [-0.4, -0.2) is 17.1 Å². The number of aliphatic carboxylic acids is 1. The van der Waals surface area contributed by atoms with Crippen molar-refractivity contribution in [3.63, 3.8) is 0 Å². The van der Waals surface area contributed by atoms with Crippen molar-refractivity contribution in [1.29, 1.82) is 0 Å². The minimum atomic E-state index is -0.766. The highest BCUT2D eigenvalue weighted by atomic mass is 19.1. The summed E-state index contributed by atoms with van der Waals surface area (Å²) in [5.41, 5.74) is 0.582. The largest absolute Gasteiger partial charge is 0.481 e. The topological polar surface area (TPSA) is 49.3 Å². The first-order chi connectivity index (χ1) is 7.68. The Kier molecular flexibility index (Phi) is 3.19. The predicted molar refractivity (Wildman–Crippen MR) is 57.4 cm³/mol. The van der Waals surface area contributed by atoms with Crippen LogP contribution in [0.5, 0.6) is 0 Å². The van der Waals surface area contributed by atoms with E-state index in [-0.39, 0.29) is 17.8 Å². The Labute approximate surface area is 93.3 Å². The van der Waals surface area contributed by atoms with E-state index in [4.69, 9.17) is 5.11 Å². The van der Waals surface area contributed by atoms with Crippen LogP contribution >= 0.6 is 0 Å². The fourth-order valence-corrected chi connectivity index (χ4v) is 1.92. The fourth-order valence-electron chi connectivity index (χ4n) is 1.92. The first kappa shape index (κ1) is 11.1. The molecule has 0 amide bonds. The van der Waals surface area contributed by atoms with Gasteiger partial charge in [-0.2, -0.15) is 0 Å². The molecule has 0 spiro atoms. The van der Waals surface area contributed by atoms with E-state index in [1.807, 2.05) is 0 Å². The maximum Gasteiger partial charge on any atom is 0.308 e. The third kappa shape index (κ3) is 2.22.